The summed E-state index contributed by atoms with van der Waals surface area (Å²) in [7, 11) is 0. The molecule has 1 amide bonds. The van der Waals surface area contributed by atoms with Crippen LogP contribution in [0.15, 0.2) is 42.5 Å². The monoisotopic (exact) mass is 505 g/mol. The summed E-state index contributed by atoms with van der Waals surface area (Å²) < 4.78 is 5.47. The lowest BCUT2D eigenvalue weighted by molar-refractivity contribution is 0.0777. The zero-order valence-electron chi connectivity index (χ0n) is 21.8. The van der Waals surface area contributed by atoms with Gasteiger partial charge < -0.3 is 15.4 Å². The zero-order chi connectivity index (χ0) is 25.1. The predicted octanol–water partition coefficient (Wildman–Crippen LogP) is 6.08. The van der Waals surface area contributed by atoms with E-state index >= 15 is 0 Å². The molecule has 5 rings (SSSR count). The molecule has 2 aliphatic rings. The summed E-state index contributed by atoms with van der Waals surface area (Å²) in [5.41, 5.74) is 4.03. The first-order chi connectivity index (χ1) is 17.4. The van der Waals surface area contributed by atoms with Crippen molar-refractivity contribution in [2.24, 2.45) is 11.3 Å². The number of nitrogens with zero attached hydrogens (tertiary/aromatic N) is 1. The molecule has 0 spiro atoms. The number of hydrogen-bond acceptors (Lipinski definition) is 5. The van der Waals surface area contributed by atoms with Crippen LogP contribution in [-0.4, -0.2) is 36.7 Å². The smallest absolute Gasteiger partial charge is 0.261 e. The second kappa shape index (κ2) is 11.0. The zero-order valence-corrected chi connectivity index (χ0v) is 22.6. The Balaban J connectivity index is 1.29. The summed E-state index contributed by atoms with van der Waals surface area (Å²) in [5, 5.41) is 8.08. The van der Waals surface area contributed by atoms with Gasteiger partial charge in [0.05, 0.1) is 10.9 Å². The van der Waals surface area contributed by atoms with Crippen molar-refractivity contribution in [3.05, 3.63) is 64.2 Å². The van der Waals surface area contributed by atoms with Crippen LogP contribution in [0.2, 0.25) is 0 Å². The van der Waals surface area contributed by atoms with Gasteiger partial charge in [-0.1, -0.05) is 51.1 Å². The van der Waals surface area contributed by atoms with Crippen molar-refractivity contribution in [1.29, 1.82) is 0 Å². The third-order valence-corrected chi connectivity index (χ3v) is 8.96. The molecular weight excluding hydrogens is 466 g/mol. The van der Waals surface area contributed by atoms with Crippen molar-refractivity contribution in [2.45, 2.75) is 71.4 Å². The number of pyridine rings is 1. The molecule has 2 N–H and O–H groups in total. The van der Waals surface area contributed by atoms with Crippen molar-refractivity contribution in [3.63, 3.8) is 0 Å². The minimum atomic E-state index is -0.0371. The van der Waals surface area contributed by atoms with Gasteiger partial charge in [0.1, 0.15) is 4.83 Å². The summed E-state index contributed by atoms with van der Waals surface area (Å²) in [6.45, 7) is 9.53. The van der Waals surface area contributed by atoms with E-state index in [1.54, 1.807) is 0 Å². The van der Waals surface area contributed by atoms with Crippen LogP contribution in [-0.2, 0) is 17.6 Å². The summed E-state index contributed by atoms with van der Waals surface area (Å²) in [4.78, 5) is 20.1. The molecule has 2 atom stereocenters. The Hall–Kier alpha value is -2.28. The highest BCUT2D eigenvalue weighted by atomic mass is 32.1. The minimum Gasteiger partial charge on any atom is -0.381 e. The van der Waals surface area contributed by atoms with E-state index in [0.29, 0.717) is 17.4 Å². The number of aryl methyl sites for hydroxylation is 1. The van der Waals surface area contributed by atoms with Crippen LogP contribution < -0.4 is 10.6 Å². The van der Waals surface area contributed by atoms with E-state index in [1.807, 2.05) is 24.3 Å². The number of aromatic nitrogens is 1. The van der Waals surface area contributed by atoms with Crippen LogP contribution in [0.3, 0.4) is 0 Å². The van der Waals surface area contributed by atoms with Gasteiger partial charge in [0.2, 0.25) is 0 Å². The minimum absolute atomic E-state index is 0.0107. The van der Waals surface area contributed by atoms with Crippen LogP contribution >= 0.6 is 11.3 Å². The van der Waals surface area contributed by atoms with Gasteiger partial charge in [0.15, 0.2) is 0 Å². The van der Waals surface area contributed by atoms with Crippen LogP contribution in [0.25, 0.3) is 10.2 Å². The van der Waals surface area contributed by atoms with E-state index in [4.69, 9.17) is 9.72 Å². The SMILES string of the molecule is CC(C)(C)[C@H]1CCc2nc3sc(C(=O)NC(CCNC4CCOCC4)c4ccccc4)cc3cc2C1. The van der Waals surface area contributed by atoms with Gasteiger partial charge in [0.25, 0.3) is 5.91 Å². The fourth-order valence-electron chi connectivity index (χ4n) is 5.54. The number of thiophene rings is 1. The molecule has 1 fully saturated rings. The topological polar surface area (TPSA) is 63.2 Å². The fraction of sp³-hybridized carbons (Fsp3) is 0.533. The second-order valence-corrected chi connectivity index (χ2v) is 12.5. The molecule has 1 aromatic carbocycles. The molecule has 3 aromatic rings. The van der Waals surface area contributed by atoms with Crippen LogP contribution in [0.4, 0.5) is 0 Å². The van der Waals surface area contributed by atoms with E-state index in [0.717, 1.165) is 72.5 Å². The van der Waals surface area contributed by atoms with Crippen molar-refractivity contribution >= 4 is 27.5 Å². The van der Waals surface area contributed by atoms with Crippen molar-refractivity contribution < 1.29 is 9.53 Å². The number of nitrogens with one attached hydrogen (secondary N) is 2. The van der Waals surface area contributed by atoms with Crippen LogP contribution in [0.5, 0.6) is 0 Å². The standard InChI is InChI=1S/C30H39N3O2S/c1-30(2,3)23-9-10-25-21(18-23)17-22-19-27(36-29(22)33-25)28(34)32-26(20-7-5-4-6-8-20)11-14-31-24-12-15-35-16-13-24/h4-8,17,19,23-24,26,31H,9-16,18H2,1-3H3,(H,32,34)/t23-,26?/m0/s1. The average molecular weight is 506 g/mol. The lowest BCUT2D eigenvalue weighted by Crippen LogP contribution is -2.37. The number of carbonyl (C=O) groups is 1. The number of amides is 1. The lowest BCUT2D eigenvalue weighted by Gasteiger charge is -2.34. The number of fused-ring (bicyclic) bond motifs is 2. The highest BCUT2D eigenvalue weighted by Crippen LogP contribution is 2.38. The van der Waals surface area contributed by atoms with Gasteiger partial charge in [-0.25, -0.2) is 4.98 Å². The molecule has 5 nitrogen and oxygen atoms in total. The molecule has 3 heterocycles. The second-order valence-electron chi connectivity index (χ2n) is 11.5. The largest absolute Gasteiger partial charge is 0.381 e. The van der Waals surface area contributed by atoms with Gasteiger partial charge in [-0.15, -0.1) is 11.3 Å². The fourth-order valence-corrected chi connectivity index (χ4v) is 6.48. The maximum Gasteiger partial charge on any atom is 0.261 e. The summed E-state index contributed by atoms with van der Waals surface area (Å²) in [6.07, 6.45) is 6.25. The van der Waals surface area contributed by atoms with E-state index in [2.05, 4.69) is 49.6 Å². The van der Waals surface area contributed by atoms with Crippen molar-refractivity contribution in [2.75, 3.05) is 19.8 Å². The van der Waals surface area contributed by atoms with E-state index in [-0.39, 0.29) is 11.9 Å². The van der Waals surface area contributed by atoms with Gasteiger partial charge in [-0.2, -0.15) is 0 Å². The molecule has 0 bridgehead atoms. The summed E-state index contributed by atoms with van der Waals surface area (Å²) >= 11 is 1.52. The quantitative estimate of drug-likeness (QED) is 0.409. The molecule has 1 saturated heterocycles. The highest BCUT2D eigenvalue weighted by molar-refractivity contribution is 7.20. The lowest BCUT2D eigenvalue weighted by atomic mass is 9.71. The molecule has 1 unspecified atom stereocenters. The molecule has 1 aliphatic carbocycles. The van der Waals surface area contributed by atoms with Gasteiger partial charge in [-0.05, 0) is 79.7 Å². The Morgan fingerprint density at radius 2 is 1.92 bits per heavy atom. The summed E-state index contributed by atoms with van der Waals surface area (Å²) in [6, 6.07) is 15.1. The van der Waals surface area contributed by atoms with Crippen molar-refractivity contribution in [1.82, 2.24) is 15.6 Å². The Labute approximate surface area is 219 Å². The van der Waals surface area contributed by atoms with Crippen LogP contribution in [0.1, 0.15) is 79.0 Å². The number of ether oxygens (including phenoxy) is 1. The van der Waals surface area contributed by atoms with E-state index in [9.17, 15) is 4.79 Å². The Morgan fingerprint density at radius 3 is 2.67 bits per heavy atom. The first kappa shape index (κ1) is 25.4. The Kier molecular flexibility index (Phi) is 7.75. The average Bonchev–Trinajstić information content (AvgIpc) is 3.30. The molecule has 0 saturated carbocycles. The Morgan fingerprint density at radius 1 is 1.14 bits per heavy atom. The van der Waals surface area contributed by atoms with Gasteiger partial charge in [0, 0.05) is 30.3 Å². The maximum atomic E-state index is 13.4. The predicted molar refractivity (Wildman–Crippen MR) is 148 cm³/mol. The van der Waals surface area contributed by atoms with E-state index < -0.39 is 0 Å². The first-order valence-corrected chi connectivity index (χ1v) is 14.3. The highest BCUT2D eigenvalue weighted by Gasteiger charge is 2.30. The normalized spacial score (nSPS) is 19.7. The third-order valence-electron chi connectivity index (χ3n) is 7.92. The summed E-state index contributed by atoms with van der Waals surface area (Å²) in [5.74, 6) is 0.662. The Bertz CT molecular complexity index is 1180. The van der Waals surface area contributed by atoms with Gasteiger partial charge >= 0.3 is 0 Å². The third kappa shape index (κ3) is 5.99. The molecule has 2 aromatic heterocycles. The number of rotatable bonds is 7. The number of benzene rings is 1. The molecular formula is C30H39N3O2S. The molecule has 36 heavy (non-hydrogen) atoms. The molecule has 192 valence electrons. The molecule has 0 radical (unpaired) electrons. The van der Waals surface area contributed by atoms with Crippen LogP contribution in [0, 0.1) is 11.3 Å². The number of carbonyl (C=O) groups excluding carboxylic acids is 1. The van der Waals surface area contributed by atoms with E-state index in [1.165, 1.54) is 29.0 Å². The number of hydrogen-bond donors (Lipinski definition) is 2. The maximum absolute atomic E-state index is 13.4. The molecule has 1 aliphatic heterocycles. The van der Waals surface area contributed by atoms with Crippen molar-refractivity contribution in [3.8, 4) is 0 Å². The van der Waals surface area contributed by atoms with Gasteiger partial charge in [-0.3, -0.25) is 4.79 Å². The molecule has 6 heteroatoms. The first-order valence-electron chi connectivity index (χ1n) is 13.5.